The smallest absolute Gasteiger partial charge is 0.0777 e. The van der Waals surface area contributed by atoms with Crippen molar-refractivity contribution in [2.24, 2.45) is 0 Å². The summed E-state index contributed by atoms with van der Waals surface area (Å²) in [5.41, 5.74) is 2.40. The van der Waals surface area contributed by atoms with Crippen molar-refractivity contribution >= 4 is 44.4 Å². The van der Waals surface area contributed by atoms with Gasteiger partial charge in [-0.05, 0) is 36.1 Å². The predicted octanol–water partition coefficient (Wildman–Crippen LogP) is 5.08. The Morgan fingerprint density at radius 3 is 2.83 bits per heavy atom. The first kappa shape index (κ1) is 12.2. The summed E-state index contributed by atoms with van der Waals surface area (Å²) >= 11 is 9.37. The normalized spacial score (nSPS) is 11.3. The van der Waals surface area contributed by atoms with Crippen LogP contribution in [-0.4, -0.2) is 5.11 Å². The first-order valence-electron chi connectivity index (χ1n) is 5.56. The van der Waals surface area contributed by atoms with E-state index in [4.69, 9.17) is 11.6 Å². The first-order chi connectivity index (χ1) is 8.69. The zero-order valence-electron chi connectivity index (χ0n) is 9.74. The molecule has 0 aliphatic rings. The fourth-order valence-corrected chi connectivity index (χ4v) is 4.41. The van der Waals surface area contributed by atoms with E-state index in [-0.39, 0.29) is 6.61 Å². The van der Waals surface area contributed by atoms with E-state index >= 15 is 0 Å². The maximum absolute atomic E-state index is 9.25. The molecule has 0 radical (unpaired) electrons. The number of fused-ring (bicyclic) bond motifs is 1. The topological polar surface area (TPSA) is 20.2 Å². The van der Waals surface area contributed by atoms with Gasteiger partial charge < -0.3 is 5.11 Å². The van der Waals surface area contributed by atoms with Gasteiger partial charge in [-0.2, -0.15) is 0 Å². The number of aliphatic hydroxyl groups excluding tert-OH is 1. The Kier molecular flexibility index (Phi) is 3.16. The van der Waals surface area contributed by atoms with E-state index < -0.39 is 0 Å². The Hall–Kier alpha value is -0.870. The van der Waals surface area contributed by atoms with Gasteiger partial charge in [0.15, 0.2) is 0 Å². The second-order valence-corrected chi connectivity index (χ2v) is 6.63. The highest BCUT2D eigenvalue weighted by molar-refractivity contribution is 7.22. The lowest BCUT2D eigenvalue weighted by atomic mass is 10.1. The zero-order chi connectivity index (χ0) is 12.7. The van der Waals surface area contributed by atoms with Crippen molar-refractivity contribution < 1.29 is 5.11 Å². The van der Waals surface area contributed by atoms with Crippen molar-refractivity contribution in [2.45, 2.75) is 13.5 Å². The third-order valence-electron chi connectivity index (χ3n) is 3.03. The van der Waals surface area contributed by atoms with E-state index in [1.54, 1.807) is 22.7 Å². The highest BCUT2D eigenvalue weighted by Gasteiger charge is 2.11. The van der Waals surface area contributed by atoms with Gasteiger partial charge >= 0.3 is 0 Å². The summed E-state index contributed by atoms with van der Waals surface area (Å²) < 4.78 is 1.20. The third kappa shape index (κ3) is 1.97. The molecule has 1 nitrogen and oxygen atoms in total. The molecular weight excluding hydrogens is 284 g/mol. The Morgan fingerprint density at radius 2 is 2.11 bits per heavy atom. The molecule has 0 bridgehead atoms. The van der Waals surface area contributed by atoms with Crippen molar-refractivity contribution in [3.63, 3.8) is 0 Å². The Labute approximate surface area is 118 Å². The van der Waals surface area contributed by atoms with Gasteiger partial charge in [0.25, 0.3) is 0 Å². The molecule has 92 valence electrons. The Balaban J connectivity index is 2.16. The van der Waals surface area contributed by atoms with Crippen molar-refractivity contribution in [1.82, 2.24) is 0 Å². The van der Waals surface area contributed by atoms with E-state index in [1.807, 2.05) is 18.2 Å². The molecule has 0 unspecified atom stereocenters. The van der Waals surface area contributed by atoms with Crippen LogP contribution in [0.25, 0.3) is 20.5 Å². The monoisotopic (exact) mass is 294 g/mol. The maximum atomic E-state index is 9.25. The van der Waals surface area contributed by atoms with Crippen LogP contribution in [0.4, 0.5) is 0 Å². The van der Waals surface area contributed by atoms with E-state index in [1.165, 1.54) is 26.1 Å². The van der Waals surface area contributed by atoms with Crippen LogP contribution in [0.5, 0.6) is 0 Å². The fraction of sp³-hybridized carbons (Fsp3) is 0.143. The number of hydrogen-bond donors (Lipinski definition) is 1. The number of benzene rings is 1. The molecule has 0 saturated carbocycles. The van der Waals surface area contributed by atoms with Gasteiger partial charge in [0.2, 0.25) is 0 Å². The minimum atomic E-state index is 0.118. The molecule has 0 aliphatic carbocycles. The van der Waals surface area contributed by atoms with Crippen molar-refractivity contribution in [2.75, 3.05) is 0 Å². The number of aliphatic hydroxyl groups is 1. The molecule has 2 heterocycles. The van der Waals surface area contributed by atoms with E-state index in [0.717, 1.165) is 9.90 Å². The van der Waals surface area contributed by atoms with Gasteiger partial charge in [0.1, 0.15) is 0 Å². The molecule has 0 spiro atoms. The summed E-state index contributed by atoms with van der Waals surface area (Å²) in [5.74, 6) is 0. The lowest BCUT2D eigenvalue weighted by Gasteiger charge is -1.96. The first-order valence-corrected chi connectivity index (χ1v) is 7.64. The number of thiophene rings is 2. The molecule has 2 aromatic heterocycles. The molecule has 0 saturated heterocycles. The van der Waals surface area contributed by atoms with Crippen LogP contribution in [0.3, 0.4) is 0 Å². The second-order valence-electron chi connectivity index (χ2n) is 4.15. The van der Waals surface area contributed by atoms with Crippen molar-refractivity contribution in [3.05, 3.63) is 45.1 Å². The van der Waals surface area contributed by atoms with Crippen LogP contribution >= 0.6 is 34.3 Å². The van der Waals surface area contributed by atoms with Gasteiger partial charge in [0, 0.05) is 30.4 Å². The largest absolute Gasteiger partial charge is 0.391 e. The van der Waals surface area contributed by atoms with E-state index in [2.05, 4.69) is 18.4 Å². The van der Waals surface area contributed by atoms with Gasteiger partial charge in [0.05, 0.1) is 6.61 Å². The standard InChI is InChI=1S/C14H11ClOS2/c1-8-11(7-17-14(8)6-16)13-4-9-2-3-10(15)5-12(9)18-13/h2-5,7,16H,6H2,1H3. The van der Waals surface area contributed by atoms with Crippen LogP contribution in [-0.2, 0) is 6.61 Å². The van der Waals surface area contributed by atoms with Crippen LogP contribution in [0.15, 0.2) is 29.6 Å². The average Bonchev–Trinajstić information content (AvgIpc) is 2.91. The van der Waals surface area contributed by atoms with Gasteiger partial charge in [-0.25, -0.2) is 0 Å². The molecule has 1 N–H and O–H groups in total. The SMILES string of the molecule is Cc1c(-c2cc3ccc(Cl)cc3s2)csc1CO. The van der Waals surface area contributed by atoms with Crippen LogP contribution in [0.1, 0.15) is 10.4 Å². The zero-order valence-corrected chi connectivity index (χ0v) is 12.1. The lowest BCUT2D eigenvalue weighted by Crippen LogP contribution is -1.80. The maximum Gasteiger partial charge on any atom is 0.0777 e. The predicted molar refractivity (Wildman–Crippen MR) is 80.8 cm³/mol. The molecule has 0 atom stereocenters. The van der Waals surface area contributed by atoms with E-state index in [9.17, 15) is 5.11 Å². The van der Waals surface area contributed by atoms with Crippen molar-refractivity contribution in [1.29, 1.82) is 0 Å². The van der Waals surface area contributed by atoms with Crippen LogP contribution in [0, 0.1) is 6.92 Å². The minimum absolute atomic E-state index is 0.118. The third-order valence-corrected chi connectivity index (χ3v) is 5.47. The molecule has 0 amide bonds. The Morgan fingerprint density at radius 1 is 1.28 bits per heavy atom. The molecule has 0 aliphatic heterocycles. The summed E-state index contributed by atoms with van der Waals surface area (Å²) in [5, 5.41) is 13.4. The van der Waals surface area contributed by atoms with Crippen LogP contribution in [0.2, 0.25) is 5.02 Å². The van der Waals surface area contributed by atoms with Gasteiger partial charge in [-0.3, -0.25) is 0 Å². The summed E-state index contributed by atoms with van der Waals surface area (Å²) in [4.78, 5) is 2.28. The lowest BCUT2D eigenvalue weighted by molar-refractivity contribution is 0.285. The fourth-order valence-electron chi connectivity index (χ4n) is 1.99. The Bertz CT molecular complexity index is 712. The molecule has 3 aromatic rings. The van der Waals surface area contributed by atoms with Gasteiger partial charge in [-0.15, -0.1) is 22.7 Å². The van der Waals surface area contributed by atoms with Gasteiger partial charge in [-0.1, -0.05) is 17.7 Å². The highest BCUT2D eigenvalue weighted by Crippen LogP contribution is 2.39. The van der Waals surface area contributed by atoms with Crippen molar-refractivity contribution in [3.8, 4) is 10.4 Å². The van der Waals surface area contributed by atoms with E-state index in [0.29, 0.717) is 0 Å². The number of halogens is 1. The second kappa shape index (κ2) is 4.67. The molecule has 18 heavy (non-hydrogen) atoms. The molecular formula is C14H11ClOS2. The summed E-state index contributed by atoms with van der Waals surface area (Å²) in [6, 6.07) is 8.15. The summed E-state index contributed by atoms with van der Waals surface area (Å²) in [6.07, 6.45) is 0. The number of hydrogen-bond acceptors (Lipinski definition) is 3. The molecule has 3 rings (SSSR count). The molecule has 4 heteroatoms. The molecule has 0 fully saturated rings. The molecule has 1 aromatic carbocycles. The highest BCUT2D eigenvalue weighted by atomic mass is 35.5. The average molecular weight is 295 g/mol. The minimum Gasteiger partial charge on any atom is -0.391 e. The number of rotatable bonds is 2. The summed E-state index contributed by atoms with van der Waals surface area (Å²) in [6.45, 7) is 2.18. The summed E-state index contributed by atoms with van der Waals surface area (Å²) in [7, 11) is 0. The van der Waals surface area contributed by atoms with Crippen LogP contribution < -0.4 is 0 Å². The quantitative estimate of drug-likeness (QED) is 0.698.